The SMILES string of the molecule is CC(=O)Nc1ccc(-c2ccc(N)c(Cl)c2)cc1Cl. The molecule has 0 aliphatic rings. The average Bonchev–Trinajstić information content (AvgIpc) is 2.35. The zero-order valence-electron chi connectivity index (χ0n) is 10.2. The number of nitrogen functional groups attached to an aromatic ring is 1. The second-order valence-corrected chi connectivity index (χ2v) is 4.93. The van der Waals surface area contributed by atoms with Gasteiger partial charge in [-0.05, 0) is 35.4 Å². The molecule has 5 heteroatoms. The van der Waals surface area contributed by atoms with Gasteiger partial charge in [-0.1, -0.05) is 35.3 Å². The molecule has 3 nitrogen and oxygen atoms in total. The molecule has 19 heavy (non-hydrogen) atoms. The summed E-state index contributed by atoms with van der Waals surface area (Å²) in [7, 11) is 0. The lowest BCUT2D eigenvalue weighted by atomic mass is 10.0. The van der Waals surface area contributed by atoms with E-state index < -0.39 is 0 Å². The van der Waals surface area contributed by atoms with E-state index in [0.717, 1.165) is 11.1 Å². The van der Waals surface area contributed by atoms with Crippen molar-refractivity contribution >= 4 is 40.5 Å². The molecule has 0 aliphatic heterocycles. The first-order chi connectivity index (χ1) is 8.97. The van der Waals surface area contributed by atoms with Crippen LogP contribution in [0.2, 0.25) is 10.0 Å². The molecule has 98 valence electrons. The van der Waals surface area contributed by atoms with Crippen molar-refractivity contribution < 1.29 is 4.79 Å². The van der Waals surface area contributed by atoms with Gasteiger partial charge in [0, 0.05) is 6.92 Å². The molecule has 0 atom stereocenters. The van der Waals surface area contributed by atoms with Crippen molar-refractivity contribution in [2.75, 3.05) is 11.1 Å². The smallest absolute Gasteiger partial charge is 0.221 e. The number of nitrogens with one attached hydrogen (secondary N) is 1. The number of rotatable bonds is 2. The molecule has 1 amide bonds. The molecular formula is C14H12Cl2N2O. The summed E-state index contributed by atoms with van der Waals surface area (Å²) < 4.78 is 0. The minimum Gasteiger partial charge on any atom is -0.398 e. The summed E-state index contributed by atoms with van der Waals surface area (Å²) in [4.78, 5) is 11.0. The van der Waals surface area contributed by atoms with Gasteiger partial charge in [0.05, 0.1) is 21.4 Å². The Morgan fingerprint density at radius 2 is 1.63 bits per heavy atom. The van der Waals surface area contributed by atoms with E-state index in [2.05, 4.69) is 5.32 Å². The number of halogens is 2. The van der Waals surface area contributed by atoms with Gasteiger partial charge in [0.1, 0.15) is 0 Å². The Hall–Kier alpha value is -1.71. The molecule has 2 aromatic carbocycles. The fourth-order valence-electron chi connectivity index (χ4n) is 1.69. The molecule has 3 N–H and O–H groups in total. The number of carbonyl (C=O) groups is 1. The first-order valence-electron chi connectivity index (χ1n) is 5.60. The van der Waals surface area contributed by atoms with E-state index in [4.69, 9.17) is 28.9 Å². The summed E-state index contributed by atoms with van der Waals surface area (Å²) in [6, 6.07) is 10.8. The maximum absolute atomic E-state index is 11.0. The number of hydrogen-bond acceptors (Lipinski definition) is 2. The van der Waals surface area contributed by atoms with Gasteiger partial charge in [0.2, 0.25) is 5.91 Å². The minimum absolute atomic E-state index is 0.162. The number of benzene rings is 2. The van der Waals surface area contributed by atoms with E-state index in [-0.39, 0.29) is 5.91 Å². The summed E-state index contributed by atoms with van der Waals surface area (Å²) in [5, 5.41) is 3.63. The second kappa shape index (κ2) is 5.51. The first kappa shape index (κ1) is 13.7. The van der Waals surface area contributed by atoms with Crippen molar-refractivity contribution in [3.63, 3.8) is 0 Å². The largest absolute Gasteiger partial charge is 0.398 e. The average molecular weight is 295 g/mol. The van der Waals surface area contributed by atoms with Crippen LogP contribution in [0.15, 0.2) is 36.4 Å². The third-order valence-corrected chi connectivity index (χ3v) is 3.25. The van der Waals surface area contributed by atoms with Crippen molar-refractivity contribution in [2.24, 2.45) is 0 Å². The third-order valence-electron chi connectivity index (χ3n) is 2.61. The summed E-state index contributed by atoms with van der Waals surface area (Å²) in [6.45, 7) is 1.43. The molecule has 0 aromatic heterocycles. The summed E-state index contributed by atoms with van der Waals surface area (Å²) in [5.41, 5.74) is 8.60. The van der Waals surface area contributed by atoms with E-state index in [0.29, 0.717) is 21.4 Å². The molecule has 0 radical (unpaired) electrons. The Labute approximate surface area is 121 Å². The van der Waals surface area contributed by atoms with Gasteiger partial charge in [-0.2, -0.15) is 0 Å². The quantitative estimate of drug-likeness (QED) is 0.816. The molecule has 0 spiro atoms. The summed E-state index contributed by atoms with van der Waals surface area (Å²) in [6.07, 6.45) is 0. The Kier molecular flexibility index (Phi) is 3.98. The molecule has 2 aromatic rings. The maximum Gasteiger partial charge on any atom is 0.221 e. The Balaban J connectivity index is 2.38. The van der Waals surface area contributed by atoms with E-state index >= 15 is 0 Å². The Morgan fingerprint density at radius 3 is 2.16 bits per heavy atom. The molecule has 0 saturated carbocycles. The van der Waals surface area contributed by atoms with Gasteiger partial charge < -0.3 is 11.1 Å². The third kappa shape index (κ3) is 3.19. The minimum atomic E-state index is -0.162. The maximum atomic E-state index is 11.0. The van der Waals surface area contributed by atoms with Gasteiger partial charge in [-0.25, -0.2) is 0 Å². The van der Waals surface area contributed by atoms with Crippen LogP contribution in [-0.4, -0.2) is 5.91 Å². The van der Waals surface area contributed by atoms with E-state index in [1.807, 2.05) is 12.1 Å². The van der Waals surface area contributed by atoms with Crippen LogP contribution in [0.25, 0.3) is 11.1 Å². The zero-order valence-corrected chi connectivity index (χ0v) is 11.7. The van der Waals surface area contributed by atoms with Crippen LogP contribution in [0, 0.1) is 0 Å². The fourth-order valence-corrected chi connectivity index (χ4v) is 2.10. The molecule has 0 heterocycles. The predicted molar refractivity (Wildman–Crippen MR) is 80.6 cm³/mol. The first-order valence-corrected chi connectivity index (χ1v) is 6.35. The predicted octanol–water partition coefficient (Wildman–Crippen LogP) is 4.20. The van der Waals surface area contributed by atoms with Crippen molar-refractivity contribution in [1.29, 1.82) is 0 Å². The normalized spacial score (nSPS) is 10.3. The van der Waals surface area contributed by atoms with Crippen molar-refractivity contribution in [1.82, 2.24) is 0 Å². The van der Waals surface area contributed by atoms with Gasteiger partial charge >= 0.3 is 0 Å². The lowest BCUT2D eigenvalue weighted by Crippen LogP contribution is -2.06. The van der Waals surface area contributed by atoms with Gasteiger partial charge in [0.25, 0.3) is 0 Å². The van der Waals surface area contributed by atoms with Crippen molar-refractivity contribution in [2.45, 2.75) is 6.92 Å². The highest BCUT2D eigenvalue weighted by Gasteiger charge is 2.06. The number of anilines is 2. The van der Waals surface area contributed by atoms with Crippen LogP contribution in [0.1, 0.15) is 6.92 Å². The number of hydrogen-bond donors (Lipinski definition) is 2. The van der Waals surface area contributed by atoms with Crippen LogP contribution in [0.3, 0.4) is 0 Å². The summed E-state index contributed by atoms with van der Waals surface area (Å²) >= 11 is 12.1. The monoisotopic (exact) mass is 294 g/mol. The van der Waals surface area contributed by atoms with Crippen molar-refractivity contribution in [3.8, 4) is 11.1 Å². The lowest BCUT2D eigenvalue weighted by Gasteiger charge is -2.08. The highest BCUT2D eigenvalue weighted by molar-refractivity contribution is 6.34. The van der Waals surface area contributed by atoms with Crippen LogP contribution in [-0.2, 0) is 4.79 Å². The van der Waals surface area contributed by atoms with Crippen LogP contribution in [0.5, 0.6) is 0 Å². The molecular weight excluding hydrogens is 283 g/mol. The topological polar surface area (TPSA) is 55.1 Å². The van der Waals surface area contributed by atoms with E-state index in [1.54, 1.807) is 24.3 Å². The zero-order chi connectivity index (χ0) is 14.0. The van der Waals surface area contributed by atoms with E-state index in [9.17, 15) is 4.79 Å². The van der Waals surface area contributed by atoms with Gasteiger partial charge in [0.15, 0.2) is 0 Å². The number of nitrogens with two attached hydrogens (primary N) is 1. The Morgan fingerprint density at radius 1 is 1.05 bits per heavy atom. The molecule has 0 bridgehead atoms. The number of carbonyl (C=O) groups excluding carboxylic acids is 1. The highest BCUT2D eigenvalue weighted by atomic mass is 35.5. The highest BCUT2D eigenvalue weighted by Crippen LogP contribution is 2.31. The molecule has 0 saturated heterocycles. The number of amides is 1. The van der Waals surface area contributed by atoms with Crippen LogP contribution >= 0.6 is 23.2 Å². The van der Waals surface area contributed by atoms with Gasteiger partial charge in [-0.15, -0.1) is 0 Å². The molecule has 2 rings (SSSR count). The molecule has 0 fully saturated rings. The Bertz CT molecular complexity index is 641. The fraction of sp³-hybridized carbons (Fsp3) is 0.0714. The molecule has 0 unspecified atom stereocenters. The molecule has 0 aliphatic carbocycles. The second-order valence-electron chi connectivity index (χ2n) is 4.11. The van der Waals surface area contributed by atoms with Gasteiger partial charge in [-0.3, -0.25) is 4.79 Å². The van der Waals surface area contributed by atoms with Crippen molar-refractivity contribution in [3.05, 3.63) is 46.4 Å². The lowest BCUT2D eigenvalue weighted by molar-refractivity contribution is -0.114. The van der Waals surface area contributed by atoms with E-state index in [1.165, 1.54) is 6.92 Å². The van der Waals surface area contributed by atoms with Crippen LogP contribution in [0.4, 0.5) is 11.4 Å². The summed E-state index contributed by atoms with van der Waals surface area (Å²) in [5.74, 6) is -0.162. The van der Waals surface area contributed by atoms with Crippen LogP contribution < -0.4 is 11.1 Å². The standard InChI is InChI=1S/C14H12Cl2N2O/c1-8(19)18-14-5-3-10(7-12(14)16)9-2-4-13(17)11(15)6-9/h2-7H,17H2,1H3,(H,18,19).